The van der Waals surface area contributed by atoms with Crippen LogP contribution in [-0.2, 0) is 16.0 Å². The number of carbonyl (C=O) groups excluding carboxylic acids is 1. The first-order valence-electron chi connectivity index (χ1n) is 5.76. The Balaban J connectivity index is 2.67. The highest BCUT2D eigenvalue weighted by atomic mass is 32.2. The van der Waals surface area contributed by atoms with E-state index in [0.29, 0.717) is 12.2 Å². The van der Waals surface area contributed by atoms with Crippen LogP contribution in [0.1, 0.15) is 12.1 Å². The Morgan fingerprint density at radius 3 is 2.65 bits per heavy atom. The van der Waals surface area contributed by atoms with E-state index in [4.69, 9.17) is 5.11 Å². The number of carboxylic acids is 1. The molecule has 1 aromatic rings. The lowest BCUT2D eigenvalue weighted by Crippen LogP contribution is -2.42. The Labute approximate surface area is 118 Å². The molecule has 20 heavy (non-hydrogen) atoms. The van der Waals surface area contributed by atoms with Gasteiger partial charge in [-0.15, -0.1) is 0 Å². The van der Waals surface area contributed by atoms with Crippen molar-refractivity contribution in [3.8, 4) is 0 Å². The van der Waals surface area contributed by atoms with E-state index in [1.165, 1.54) is 11.8 Å². The second kappa shape index (κ2) is 7.53. The Morgan fingerprint density at radius 1 is 1.40 bits per heavy atom. The van der Waals surface area contributed by atoms with Gasteiger partial charge >= 0.3 is 11.7 Å². The lowest BCUT2D eigenvalue weighted by molar-refractivity contribution is -0.141. The fraction of sp³-hybridized carbons (Fsp3) is 0.455. The molecular weight excluding hydrogens is 286 g/mol. The zero-order valence-electron chi connectivity index (χ0n) is 10.8. The predicted molar refractivity (Wildman–Crippen MR) is 74.0 cm³/mol. The molecule has 0 radical (unpaired) electrons. The van der Waals surface area contributed by atoms with Gasteiger partial charge in [0.1, 0.15) is 6.04 Å². The van der Waals surface area contributed by atoms with Gasteiger partial charge in [-0.3, -0.25) is 14.6 Å². The van der Waals surface area contributed by atoms with E-state index >= 15 is 0 Å². The molecular formula is C11H15N3O5S. The first-order valence-corrected chi connectivity index (χ1v) is 7.15. The van der Waals surface area contributed by atoms with E-state index in [0.717, 1.165) is 6.07 Å². The molecule has 0 spiro atoms. The van der Waals surface area contributed by atoms with Crippen molar-refractivity contribution in [2.45, 2.75) is 18.9 Å². The molecule has 0 fully saturated rings. The molecule has 1 rings (SSSR count). The molecule has 0 aliphatic rings. The molecule has 0 unspecified atom stereocenters. The Kier molecular flexibility index (Phi) is 6.04. The molecule has 0 aromatic carbocycles. The first kappa shape index (κ1) is 16.0. The number of aromatic amines is 2. The van der Waals surface area contributed by atoms with Gasteiger partial charge in [0.25, 0.3) is 5.56 Å². The summed E-state index contributed by atoms with van der Waals surface area (Å²) >= 11 is 1.47. The minimum Gasteiger partial charge on any atom is -0.480 e. The highest BCUT2D eigenvalue weighted by molar-refractivity contribution is 7.98. The molecule has 110 valence electrons. The number of aliphatic carboxylic acids is 1. The average molecular weight is 301 g/mol. The predicted octanol–water partition coefficient (Wildman–Crippen LogP) is -1.07. The van der Waals surface area contributed by atoms with Gasteiger partial charge in [0.15, 0.2) is 0 Å². The summed E-state index contributed by atoms with van der Waals surface area (Å²) in [7, 11) is 0. The highest BCUT2D eigenvalue weighted by Crippen LogP contribution is 2.01. The van der Waals surface area contributed by atoms with Gasteiger partial charge < -0.3 is 15.4 Å². The molecule has 0 saturated carbocycles. The first-order chi connectivity index (χ1) is 9.42. The summed E-state index contributed by atoms with van der Waals surface area (Å²) in [5, 5.41) is 11.3. The van der Waals surface area contributed by atoms with Crippen molar-refractivity contribution in [1.29, 1.82) is 0 Å². The molecule has 8 nitrogen and oxygen atoms in total. The summed E-state index contributed by atoms with van der Waals surface area (Å²) in [6.07, 6.45) is 1.87. The number of hydrogen-bond donors (Lipinski definition) is 4. The third kappa shape index (κ3) is 5.31. The summed E-state index contributed by atoms with van der Waals surface area (Å²) < 4.78 is 0. The maximum Gasteiger partial charge on any atom is 0.326 e. The number of aromatic nitrogens is 2. The van der Waals surface area contributed by atoms with Crippen LogP contribution in [0, 0.1) is 0 Å². The fourth-order valence-corrected chi connectivity index (χ4v) is 2.00. The van der Waals surface area contributed by atoms with Crippen LogP contribution < -0.4 is 16.6 Å². The molecule has 1 heterocycles. The van der Waals surface area contributed by atoms with E-state index in [9.17, 15) is 19.2 Å². The van der Waals surface area contributed by atoms with E-state index in [-0.39, 0.29) is 12.1 Å². The third-order valence-electron chi connectivity index (χ3n) is 2.41. The maximum atomic E-state index is 11.7. The summed E-state index contributed by atoms with van der Waals surface area (Å²) in [5.41, 5.74) is -1.20. The second-order valence-corrected chi connectivity index (χ2v) is 5.02. The molecule has 1 amide bonds. The van der Waals surface area contributed by atoms with Gasteiger partial charge in [-0.2, -0.15) is 11.8 Å². The molecule has 0 saturated heterocycles. The van der Waals surface area contributed by atoms with Crippen LogP contribution in [0.2, 0.25) is 0 Å². The number of rotatable bonds is 7. The van der Waals surface area contributed by atoms with Gasteiger partial charge in [-0.05, 0) is 18.4 Å². The summed E-state index contributed by atoms with van der Waals surface area (Å²) in [4.78, 5) is 49.0. The fourth-order valence-electron chi connectivity index (χ4n) is 1.53. The van der Waals surface area contributed by atoms with E-state index < -0.39 is 29.2 Å². The zero-order valence-corrected chi connectivity index (χ0v) is 11.6. The van der Waals surface area contributed by atoms with Crippen molar-refractivity contribution in [2.24, 2.45) is 0 Å². The van der Waals surface area contributed by atoms with Crippen molar-refractivity contribution in [2.75, 3.05) is 12.0 Å². The number of hydrogen-bond acceptors (Lipinski definition) is 5. The van der Waals surface area contributed by atoms with Crippen LogP contribution in [0.4, 0.5) is 0 Å². The monoisotopic (exact) mass is 301 g/mol. The van der Waals surface area contributed by atoms with Gasteiger partial charge in [-0.25, -0.2) is 9.59 Å². The smallest absolute Gasteiger partial charge is 0.326 e. The normalized spacial score (nSPS) is 11.8. The molecule has 1 aromatic heterocycles. The van der Waals surface area contributed by atoms with Gasteiger partial charge in [0.2, 0.25) is 5.91 Å². The Bertz CT molecular complexity index is 566. The maximum absolute atomic E-state index is 11.7. The minimum atomic E-state index is -1.12. The van der Waals surface area contributed by atoms with E-state index in [1.54, 1.807) is 0 Å². The van der Waals surface area contributed by atoms with Crippen LogP contribution in [0.3, 0.4) is 0 Å². The molecule has 0 aliphatic carbocycles. The van der Waals surface area contributed by atoms with Crippen LogP contribution in [0.25, 0.3) is 0 Å². The van der Waals surface area contributed by atoms with Crippen molar-refractivity contribution in [1.82, 2.24) is 15.3 Å². The summed E-state index contributed by atoms with van der Waals surface area (Å²) in [6, 6.07) is 0.0993. The van der Waals surface area contributed by atoms with Gasteiger partial charge in [0, 0.05) is 11.8 Å². The molecule has 0 aliphatic heterocycles. The lowest BCUT2D eigenvalue weighted by atomic mass is 10.2. The van der Waals surface area contributed by atoms with Crippen LogP contribution in [0.15, 0.2) is 15.7 Å². The highest BCUT2D eigenvalue weighted by Gasteiger charge is 2.19. The zero-order chi connectivity index (χ0) is 15.1. The minimum absolute atomic E-state index is 0.130. The molecule has 4 N–H and O–H groups in total. The third-order valence-corrected chi connectivity index (χ3v) is 3.06. The number of carboxylic acid groups (broad SMARTS) is 1. The number of thioether (sulfide) groups is 1. The van der Waals surface area contributed by atoms with Gasteiger partial charge in [0.05, 0.1) is 6.42 Å². The number of nitrogens with one attached hydrogen (secondary N) is 3. The molecule has 0 bridgehead atoms. The van der Waals surface area contributed by atoms with Crippen molar-refractivity contribution in [3.05, 3.63) is 32.6 Å². The Morgan fingerprint density at radius 2 is 2.10 bits per heavy atom. The average Bonchev–Trinajstić information content (AvgIpc) is 2.32. The summed E-state index contributed by atoms with van der Waals surface area (Å²) in [5.74, 6) is -1.09. The van der Waals surface area contributed by atoms with Crippen molar-refractivity contribution < 1.29 is 14.7 Å². The van der Waals surface area contributed by atoms with Crippen molar-refractivity contribution in [3.63, 3.8) is 0 Å². The number of H-pyrrole nitrogens is 2. The second-order valence-electron chi connectivity index (χ2n) is 4.03. The van der Waals surface area contributed by atoms with Crippen molar-refractivity contribution >= 4 is 23.6 Å². The van der Waals surface area contributed by atoms with Crippen LogP contribution in [-0.4, -0.2) is 45.0 Å². The standard InChI is InChI=1S/C11H15N3O5S/c1-20-3-2-7(10(17)18)13-8(15)4-6-5-9(16)14-11(19)12-6/h5,7H,2-4H2,1H3,(H,13,15)(H,17,18)(H2,12,14,16,19)/t7-/m0/s1. The number of amides is 1. The quantitative estimate of drug-likeness (QED) is 0.507. The van der Waals surface area contributed by atoms with E-state index in [2.05, 4.69) is 10.3 Å². The topological polar surface area (TPSA) is 132 Å². The SMILES string of the molecule is CSCC[C@H](NC(=O)Cc1cc(=O)[nH]c(=O)[nH]1)C(=O)O. The molecule has 1 atom stereocenters. The largest absolute Gasteiger partial charge is 0.480 e. The Hall–Kier alpha value is -2.03. The van der Waals surface area contributed by atoms with Gasteiger partial charge in [-0.1, -0.05) is 0 Å². The van der Waals surface area contributed by atoms with E-state index in [1.807, 2.05) is 11.2 Å². The number of carbonyl (C=O) groups is 2. The van der Waals surface area contributed by atoms with Crippen LogP contribution in [0.5, 0.6) is 0 Å². The van der Waals surface area contributed by atoms with Crippen LogP contribution >= 0.6 is 11.8 Å². The molecule has 9 heteroatoms. The lowest BCUT2D eigenvalue weighted by Gasteiger charge is -2.13. The summed E-state index contributed by atoms with van der Waals surface area (Å²) in [6.45, 7) is 0.